The van der Waals surface area contributed by atoms with E-state index in [1.165, 1.54) is 11.1 Å². The van der Waals surface area contributed by atoms with Crippen LogP contribution in [0, 0.1) is 0 Å². The minimum absolute atomic E-state index is 0.247. The van der Waals surface area contributed by atoms with Crippen LogP contribution in [-0.2, 0) is 13.0 Å². The van der Waals surface area contributed by atoms with Crippen molar-refractivity contribution in [2.45, 2.75) is 26.1 Å². The lowest BCUT2D eigenvalue weighted by Crippen LogP contribution is -2.05. The van der Waals surface area contributed by atoms with Gasteiger partial charge >= 0.3 is 0 Å². The van der Waals surface area contributed by atoms with E-state index in [1.54, 1.807) is 0 Å². The summed E-state index contributed by atoms with van der Waals surface area (Å²) in [6.07, 6.45) is 0.581. The predicted octanol–water partition coefficient (Wildman–Crippen LogP) is 5.06. The third-order valence-corrected chi connectivity index (χ3v) is 5.36. The Morgan fingerprint density at radius 2 is 1.55 bits per heavy atom. The molecule has 7 nitrogen and oxygen atoms in total. The Morgan fingerprint density at radius 3 is 2.27 bits per heavy atom. The Labute approximate surface area is 191 Å². The number of benzene rings is 3. The lowest BCUT2D eigenvalue weighted by Gasteiger charge is -2.12. The molecule has 0 amide bonds. The van der Waals surface area contributed by atoms with Gasteiger partial charge in [0.25, 0.3) is 0 Å². The van der Waals surface area contributed by atoms with Gasteiger partial charge in [-0.1, -0.05) is 48.5 Å². The monoisotopic (exact) mass is 437 g/mol. The number of hydrogen-bond acceptors (Lipinski definition) is 6. The molecule has 5 rings (SSSR count). The summed E-state index contributed by atoms with van der Waals surface area (Å²) in [4.78, 5) is 4.66. The molecule has 1 atom stereocenters. The molecule has 7 heteroatoms. The van der Waals surface area contributed by atoms with Gasteiger partial charge in [-0.05, 0) is 71.3 Å². The third-order valence-electron chi connectivity index (χ3n) is 5.36. The number of nitrogens with zero attached hydrogens (tertiary/aromatic N) is 4. The number of aromatic amines is 1. The molecule has 2 heterocycles. The Hall–Kier alpha value is -4.26. The molecule has 1 unspecified atom stereocenters. The van der Waals surface area contributed by atoms with E-state index < -0.39 is 0 Å². The van der Waals surface area contributed by atoms with Gasteiger partial charge in [0.05, 0.1) is 11.2 Å². The summed E-state index contributed by atoms with van der Waals surface area (Å²) in [6, 6.07) is 28.4. The van der Waals surface area contributed by atoms with Crippen LogP contribution in [0.5, 0.6) is 11.5 Å². The van der Waals surface area contributed by atoms with Crippen LogP contribution in [-0.4, -0.2) is 25.6 Å². The van der Waals surface area contributed by atoms with E-state index in [0.29, 0.717) is 12.4 Å². The molecule has 164 valence electrons. The number of ether oxygens (including phenoxy) is 2. The lowest BCUT2D eigenvalue weighted by atomic mass is 10.0. The van der Waals surface area contributed by atoms with Gasteiger partial charge in [0, 0.05) is 5.39 Å². The van der Waals surface area contributed by atoms with E-state index >= 15 is 0 Å². The average Bonchev–Trinajstić information content (AvgIpc) is 3.40. The van der Waals surface area contributed by atoms with E-state index in [1.807, 2.05) is 55.5 Å². The molecule has 1 N–H and O–H groups in total. The number of nitrogens with one attached hydrogen (secondary N) is 1. The fourth-order valence-electron chi connectivity index (χ4n) is 3.57. The van der Waals surface area contributed by atoms with E-state index in [-0.39, 0.29) is 6.10 Å². The molecule has 0 aliphatic heterocycles. The van der Waals surface area contributed by atoms with Crippen LogP contribution < -0.4 is 9.47 Å². The second-order valence-corrected chi connectivity index (χ2v) is 7.80. The van der Waals surface area contributed by atoms with E-state index in [0.717, 1.165) is 34.5 Å². The molecule has 0 aliphatic carbocycles. The Bertz CT molecular complexity index is 1320. The number of rotatable bonds is 8. The van der Waals surface area contributed by atoms with Crippen molar-refractivity contribution in [1.29, 1.82) is 0 Å². The molecule has 0 bridgehead atoms. The molecule has 0 aliphatic rings. The summed E-state index contributed by atoms with van der Waals surface area (Å²) in [5, 5.41) is 14.9. The molecule has 2 aromatic heterocycles. The highest BCUT2D eigenvalue weighted by Crippen LogP contribution is 2.22. The molecule has 0 saturated heterocycles. The summed E-state index contributed by atoms with van der Waals surface area (Å²) in [5.74, 6) is 2.19. The van der Waals surface area contributed by atoms with Gasteiger partial charge in [0.2, 0.25) is 0 Å². The maximum absolute atomic E-state index is 5.93. The van der Waals surface area contributed by atoms with Gasteiger partial charge in [0.15, 0.2) is 11.9 Å². The number of H-pyrrole nitrogens is 1. The molecule has 0 fully saturated rings. The van der Waals surface area contributed by atoms with Gasteiger partial charge in [-0.3, -0.25) is 0 Å². The summed E-state index contributed by atoms with van der Waals surface area (Å²) in [6.45, 7) is 2.34. The SMILES string of the molecule is CC(Oc1ccc(Cc2ccc(OCc3ccc4ccccc4n3)cc2)cc1)c1nnn[nH]1. The maximum atomic E-state index is 5.93. The molecule has 5 aromatic rings. The highest BCUT2D eigenvalue weighted by Gasteiger charge is 2.11. The zero-order valence-corrected chi connectivity index (χ0v) is 18.2. The van der Waals surface area contributed by atoms with Crippen LogP contribution in [0.15, 0.2) is 84.9 Å². The normalized spacial score (nSPS) is 11.9. The van der Waals surface area contributed by atoms with Crippen molar-refractivity contribution >= 4 is 10.9 Å². The third kappa shape index (κ3) is 5.15. The van der Waals surface area contributed by atoms with Crippen LogP contribution in [0.2, 0.25) is 0 Å². The van der Waals surface area contributed by atoms with Gasteiger partial charge in [0.1, 0.15) is 18.1 Å². The van der Waals surface area contributed by atoms with Crippen molar-refractivity contribution in [2.75, 3.05) is 0 Å². The summed E-state index contributed by atoms with van der Waals surface area (Å²) >= 11 is 0. The van der Waals surface area contributed by atoms with Gasteiger partial charge in [-0.2, -0.15) is 0 Å². The zero-order valence-electron chi connectivity index (χ0n) is 18.2. The Balaban J connectivity index is 1.15. The maximum Gasteiger partial charge on any atom is 0.189 e. The first-order valence-electron chi connectivity index (χ1n) is 10.8. The highest BCUT2D eigenvalue weighted by atomic mass is 16.5. The van der Waals surface area contributed by atoms with E-state index in [2.05, 4.69) is 62.0 Å². The quantitative estimate of drug-likeness (QED) is 0.365. The van der Waals surface area contributed by atoms with Crippen LogP contribution in [0.3, 0.4) is 0 Å². The lowest BCUT2D eigenvalue weighted by molar-refractivity contribution is 0.216. The second kappa shape index (κ2) is 9.48. The first-order chi connectivity index (χ1) is 16.2. The summed E-state index contributed by atoms with van der Waals surface area (Å²) < 4.78 is 11.8. The number of aromatic nitrogens is 5. The first-order valence-corrected chi connectivity index (χ1v) is 10.8. The van der Waals surface area contributed by atoms with E-state index in [4.69, 9.17) is 9.47 Å². The van der Waals surface area contributed by atoms with Crippen molar-refractivity contribution in [2.24, 2.45) is 0 Å². The number of hydrogen-bond donors (Lipinski definition) is 1. The number of para-hydroxylation sites is 1. The highest BCUT2D eigenvalue weighted by molar-refractivity contribution is 5.78. The molecule has 0 spiro atoms. The topological polar surface area (TPSA) is 85.8 Å². The molecule has 3 aromatic carbocycles. The van der Waals surface area contributed by atoms with Crippen molar-refractivity contribution in [3.63, 3.8) is 0 Å². The van der Waals surface area contributed by atoms with Crippen molar-refractivity contribution in [3.05, 3.63) is 108 Å². The molecule has 0 radical (unpaired) electrons. The minimum atomic E-state index is -0.247. The second-order valence-electron chi connectivity index (χ2n) is 7.80. The van der Waals surface area contributed by atoms with Crippen molar-refractivity contribution in [3.8, 4) is 11.5 Å². The first kappa shape index (κ1) is 20.6. The number of pyridine rings is 1. The van der Waals surface area contributed by atoms with Crippen molar-refractivity contribution < 1.29 is 9.47 Å². The smallest absolute Gasteiger partial charge is 0.189 e. The fraction of sp³-hybridized carbons (Fsp3) is 0.154. The fourth-order valence-corrected chi connectivity index (χ4v) is 3.57. The van der Waals surface area contributed by atoms with Gasteiger partial charge in [-0.15, -0.1) is 5.10 Å². The number of fused-ring (bicyclic) bond motifs is 1. The predicted molar refractivity (Wildman–Crippen MR) is 125 cm³/mol. The average molecular weight is 438 g/mol. The molecular weight excluding hydrogens is 414 g/mol. The molecule has 0 saturated carbocycles. The van der Waals surface area contributed by atoms with Crippen LogP contribution >= 0.6 is 0 Å². The summed E-state index contributed by atoms with van der Waals surface area (Å²) in [7, 11) is 0. The van der Waals surface area contributed by atoms with Crippen LogP contribution in [0.25, 0.3) is 10.9 Å². The zero-order chi connectivity index (χ0) is 22.5. The van der Waals surface area contributed by atoms with Gasteiger partial charge in [-0.25, -0.2) is 10.1 Å². The Kier molecular flexibility index (Phi) is 5.93. The van der Waals surface area contributed by atoms with Gasteiger partial charge < -0.3 is 9.47 Å². The largest absolute Gasteiger partial charge is 0.487 e. The number of tetrazole rings is 1. The minimum Gasteiger partial charge on any atom is -0.487 e. The molecule has 33 heavy (non-hydrogen) atoms. The van der Waals surface area contributed by atoms with Crippen LogP contribution in [0.1, 0.15) is 35.7 Å². The van der Waals surface area contributed by atoms with E-state index in [9.17, 15) is 0 Å². The standard InChI is InChI=1S/C26H23N5O2/c1-18(26-28-30-31-29-26)33-24-14-8-20(9-15-24)16-19-6-12-23(13-7-19)32-17-22-11-10-21-4-2-3-5-25(21)27-22/h2-15,18H,16-17H2,1H3,(H,28,29,30,31). The van der Waals surface area contributed by atoms with Crippen LogP contribution in [0.4, 0.5) is 0 Å². The molecular formula is C26H23N5O2. The Morgan fingerprint density at radius 1 is 0.818 bits per heavy atom. The summed E-state index contributed by atoms with van der Waals surface area (Å²) in [5.41, 5.74) is 4.30. The van der Waals surface area contributed by atoms with Crippen molar-refractivity contribution in [1.82, 2.24) is 25.6 Å².